The van der Waals surface area contributed by atoms with Gasteiger partial charge in [-0.25, -0.2) is 0 Å². The number of aliphatic carboxylic acids is 1. The highest BCUT2D eigenvalue weighted by Gasteiger charge is 2.28. The Bertz CT molecular complexity index is 1990. The number of carboxylic acids is 1. The Morgan fingerprint density at radius 1 is 0.731 bits per heavy atom. The Labute approximate surface area is 307 Å². The molecule has 0 saturated carbocycles. The second kappa shape index (κ2) is 16.9. The van der Waals surface area contributed by atoms with Crippen LogP contribution in [0.25, 0.3) is 11.1 Å². The Morgan fingerprint density at radius 2 is 1.23 bits per heavy atom. The van der Waals surface area contributed by atoms with Gasteiger partial charge < -0.3 is 14.6 Å². The maximum absolute atomic E-state index is 11.8. The number of benzene rings is 4. The third kappa shape index (κ3) is 8.48. The van der Waals surface area contributed by atoms with Gasteiger partial charge in [0.2, 0.25) is 0 Å². The number of ether oxygens (including phenoxy) is 2. The topological polar surface area (TPSA) is 110 Å². The van der Waals surface area contributed by atoms with Crippen molar-refractivity contribution in [3.8, 4) is 34.8 Å². The lowest BCUT2D eigenvalue weighted by atomic mass is 9.92. The van der Waals surface area contributed by atoms with E-state index in [0.717, 1.165) is 77.0 Å². The second-order valence-corrected chi connectivity index (χ2v) is 14.3. The first-order valence-electron chi connectivity index (χ1n) is 18.5. The van der Waals surface area contributed by atoms with Crippen LogP contribution in [0.2, 0.25) is 0 Å². The minimum absolute atomic E-state index is 0.298. The molecule has 1 N–H and O–H groups in total. The predicted octanol–water partition coefficient (Wildman–Crippen LogP) is 8.69. The maximum Gasteiger partial charge on any atom is 0.320 e. The van der Waals surface area contributed by atoms with Crippen molar-refractivity contribution in [1.29, 1.82) is 10.5 Å². The number of rotatable bonds is 12. The van der Waals surface area contributed by atoms with Crippen molar-refractivity contribution >= 4 is 5.97 Å². The van der Waals surface area contributed by atoms with Gasteiger partial charge in [-0.1, -0.05) is 61.4 Å². The predicted molar refractivity (Wildman–Crippen MR) is 202 cm³/mol. The number of likely N-dealkylation sites (tertiary alicyclic amines) is 2. The molecule has 52 heavy (non-hydrogen) atoms. The van der Waals surface area contributed by atoms with Crippen molar-refractivity contribution in [2.24, 2.45) is 0 Å². The maximum atomic E-state index is 11.8. The van der Waals surface area contributed by atoms with Crippen molar-refractivity contribution in [2.45, 2.75) is 97.7 Å². The van der Waals surface area contributed by atoms with Gasteiger partial charge in [0, 0.05) is 19.1 Å². The molecule has 0 bridgehead atoms. The molecular formula is C44H48N4O4. The quantitative estimate of drug-likeness (QED) is 0.157. The first-order valence-corrected chi connectivity index (χ1v) is 18.5. The molecule has 2 fully saturated rings. The zero-order valence-electron chi connectivity index (χ0n) is 30.5. The van der Waals surface area contributed by atoms with Gasteiger partial charge in [0.1, 0.15) is 42.9 Å². The summed E-state index contributed by atoms with van der Waals surface area (Å²) in [6.45, 7) is 10.3. The van der Waals surface area contributed by atoms with Crippen LogP contribution < -0.4 is 9.47 Å². The Hall–Kier alpha value is -5.15. The smallest absolute Gasteiger partial charge is 0.320 e. The first kappa shape index (κ1) is 36.6. The molecule has 8 heteroatoms. The third-order valence-electron chi connectivity index (χ3n) is 10.9. The normalized spacial score (nSPS) is 17.9. The fourth-order valence-electron chi connectivity index (χ4n) is 7.67. The zero-order valence-corrected chi connectivity index (χ0v) is 30.5. The van der Waals surface area contributed by atoms with E-state index in [1.165, 1.54) is 19.3 Å². The van der Waals surface area contributed by atoms with E-state index in [1.807, 2.05) is 53.4 Å². The first-order chi connectivity index (χ1) is 25.2. The van der Waals surface area contributed by atoms with E-state index in [1.54, 1.807) is 0 Å². The minimum atomic E-state index is -0.791. The van der Waals surface area contributed by atoms with Crippen LogP contribution in [0.15, 0.2) is 72.8 Å². The summed E-state index contributed by atoms with van der Waals surface area (Å²) in [4.78, 5) is 16.2. The van der Waals surface area contributed by atoms with E-state index in [-0.39, 0.29) is 0 Å². The third-order valence-corrected chi connectivity index (χ3v) is 10.9. The summed E-state index contributed by atoms with van der Waals surface area (Å²) in [6.07, 6.45) is 6.27. The summed E-state index contributed by atoms with van der Waals surface area (Å²) < 4.78 is 12.5. The molecule has 268 valence electrons. The molecule has 2 atom stereocenters. The standard InChI is InChI=1S/C44H48N4O4/c1-30-10-4-6-20-47(30)26-33-16-18-42(37(22-33)24-45)51-28-35-11-8-13-39(31(35)2)40-14-9-12-36(32(40)3)29-52-43-19-17-34(23-38(43)25-46)27-48-21-7-5-15-41(48)44(49)50/h8-9,11-14,16-19,22-23,30,41H,4-7,10,15,20-21,26-29H2,1-3H3,(H,49,50)/t30-,41+/m1/s1. The number of nitrogens with zero attached hydrogens (tertiary/aromatic N) is 4. The number of hydrogen-bond acceptors (Lipinski definition) is 7. The largest absolute Gasteiger partial charge is 0.488 e. The fraction of sp³-hybridized carbons (Fsp3) is 0.386. The van der Waals surface area contributed by atoms with E-state index < -0.39 is 12.0 Å². The summed E-state index contributed by atoms with van der Waals surface area (Å²) in [7, 11) is 0. The van der Waals surface area contributed by atoms with Crippen molar-refractivity contribution in [2.75, 3.05) is 13.1 Å². The van der Waals surface area contributed by atoms with E-state index >= 15 is 0 Å². The van der Waals surface area contributed by atoms with E-state index in [9.17, 15) is 20.4 Å². The fourth-order valence-corrected chi connectivity index (χ4v) is 7.67. The molecule has 0 radical (unpaired) electrons. The lowest BCUT2D eigenvalue weighted by Crippen LogP contribution is -2.44. The Balaban J connectivity index is 1.13. The highest BCUT2D eigenvalue weighted by Crippen LogP contribution is 2.33. The molecule has 0 aliphatic carbocycles. The van der Waals surface area contributed by atoms with Crippen LogP contribution in [0.3, 0.4) is 0 Å². The van der Waals surface area contributed by atoms with Crippen molar-refractivity contribution in [1.82, 2.24) is 9.80 Å². The number of hydrogen-bond donors (Lipinski definition) is 1. The molecule has 4 aromatic carbocycles. The van der Waals surface area contributed by atoms with Gasteiger partial charge in [0.15, 0.2) is 0 Å². The molecule has 2 aliphatic heterocycles. The molecule has 0 amide bonds. The van der Waals surface area contributed by atoms with Crippen LogP contribution in [0.4, 0.5) is 0 Å². The van der Waals surface area contributed by atoms with Gasteiger partial charge >= 0.3 is 5.97 Å². The number of carbonyl (C=O) groups is 1. The lowest BCUT2D eigenvalue weighted by molar-refractivity contribution is -0.144. The molecule has 2 heterocycles. The van der Waals surface area contributed by atoms with E-state index in [4.69, 9.17) is 9.47 Å². The molecule has 6 rings (SSSR count). The van der Waals surface area contributed by atoms with E-state index in [2.05, 4.69) is 62.1 Å². The minimum Gasteiger partial charge on any atom is -0.488 e. The highest BCUT2D eigenvalue weighted by molar-refractivity contribution is 5.74. The second-order valence-electron chi connectivity index (χ2n) is 14.3. The zero-order chi connectivity index (χ0) is 36.6. The molecule has 2 saturated heterocycles. The lowest BCUT2D eigenvalue weighted by Gasteiger charge is -2.33. The molecule has 0 unspecified atom stereocenters. The molecule has 0 aromatic heterocycles. The van der Waals surface area contributed by atoms with Gasteiger partial charge in [-0.15, -0.1) is 0 Å². The molecule has 2 aliphatic rings. The molecule has 8 nitrogen and oxygen atoms in total. The summed E-state index contributed by atoms with van der Waals surface area (Å²) in [5, 5.41) is 29.6. The van der Waals surface area contributed by atoms with E-state index in [0.29, 0.717) is 54.8 Å². The van der Waals surface area contributed by atoms with Crippen LogP contribution in [-0.2, 0) is 31.1 Å². The average Bonchev–Trinajstić information content (AvgIpc) is 3.15. The van der Waals surface area contributed by atoms with Crippen LogP contribution in [-0.4, -0.2) is 46.0 Å². The molecule has 4 aromatic rings. The van der Waals surface area contributed by atoms with Crippen molar-refractivity contribution in [3.05, 3.63) is 117 Å². The van der Waals surface area contributed by atoms with Gasteiger partial charge in [0.05, 0.1) is 11.1 Å². The monoisotopic (exact) mass is 696 g/mol. The van der Waals surface area contributed by atoms with Gasteiger partial charge in [0.25, 0.3) is 0 Å². The summed E-state index contributed by atoms with van der Waals surface area (Å²) in [5.41, 5.74) is 9.50. The van der Waals surface area contributed by atoms with Gasteiger partial charge in [-0.05, 0) is 128 Å². The number of nitriles is 2. The Morgan fingerprint density at radius 3 is 1.73 bits per heavy atom. The summed E-state index contributed by atoms with van der Waals surface area (Å²) in [5.74, 6) is 0.311. The summed E-state index contributed by atoms with van der Waals surface area (Å²) in [6, 6.07) is 28.6. The van der Waals surface area contributed by atoms with Crippen molar-refractivity contribution < 1.29 is 19.4 Å². The van der Waals surface area contributed by atoms with Crippen molar-refractivity contribution in [3.63, 3.8) is 0 Å². The molecular weight excluding hydrogens is 649 g/mol. The number of carboxylic acid groups (broad SMARTS) is 1. The average molecular weight is 697 g/mol. The number of piperidine rings is 2. The van der Waals surface area contributed by atoms with Crippen LogP contribution in [0.5, 0.6) is 11.5 Å². The van der Waals surface area contributed by atoms with Gasteiger partial charge in [-0.2, -0.15) is 10.5 Å². The van der Waals surface area contributed by atoms with Crippen LogP contribution >= 0.6 is 0 Å². The molecule has 0 spiro atoms. The highest BCUT2D eigenvalue weighted by atomic mass is 16.5. The Kier molecular flexibility index (Phi) is 11.9. The summed E-state index contributed by atoms with van der Waals surface area (Å²) >= 11 is 0. The SMILES string of the molecule is Cc1c(COc2ccc(CN3CCCC[C@H]3C)cc2C#N)cccc1-c1cccc(COc2ccc(CN3CCCC[C@H]3C(=O)O)cc2C#N)c1C. The van der Waals surface area contributed by atoms with Crippen LogP contribution in [0, 0.1) is 36.5 Å². The van der Waals surface area contributed by atoms with Gasteiger partial charge in [-0.3, -0.25) is 14.6 Å². The van der Waals surface area contributed by atoms with Crippen LogP contribution in [0.1, 0.15) is 90.0 Å².